The highest BCUT2D eigenvalue weighted by atomic mass is 35.5. The van der Waals surface area contributed by atoms with Gasteiger partial charge in [-0.1, -0.05) is 35.4 Å². The smallest absolute Gasteiger partial charge is 0.244 e. The van der Waals surface area contributed by atoms with Crippen molar-refractivity contribution in [1.82, 2.24) is 5.32 Å². The largest absolute Gasteiger partial charge is 0.495 e. The Labute approximate surface area is 177 Å². The maximum atomic E-state index is 12.9. The van der Waals surface area contributed by atoms with Crippen LogP contribution in [0.2, 0.25) is 5.02 Å². The molecule has 0 aliphatic rings. The molecule has 6 nitrogen and oxygen atoms in total. The van der Waals surface area contributed by atoms with Crippen LogP contribution in [0.4, 0.5) is 5.69 Å². The molecule has 2 atom stereocenters. The van der Waals surface area contributed by atoms with Crippen LogP contribution in [-0.2, 0) is 14.8 Å². The summed E-state index contributed by atoms with van der Waals surface area (Å²) < 4.78 is 31.1. The molecule has 0 aromatic heterocycles. The fraction of sp³-hybridized carbons (Fsp3) is 0.381. The molecule has 0 unspecified atom stereocenters. The number of amides is 1. The van der Waals surface area contributed by atoms with Crippen LogP contribution in [0.5, 0.6) is 5.75 Å². The number of ether oxygens (including phenoxy) is 1. The molecule has 0 heterocycles. The van der Waals surface area contributed by atoms with Gasteiger partial charge in [-0.2, -0.15) is 0 Å². The number of carbonyl (C=O) groups excluding carboxylic acids is 1. The van der Waals surface area contributed by atoms with Crippen LogP contribution in [0.15, 0.2) is 36.4 Å². The monoisotopic (exact) mass is 438 g/mol. The molecule has 2 aromatic rings. The maximum Gasteiger partial charge on any atom is 0.244 e. The molecule has 2 aromatic carbocycles. The van der Waals surface area contributed by atoms with Crippen molar-refractivity contribution >= 4 is 33.2 Å². The maximum absolute atomic E-state index is 12.9. The van der Waals surface area contributed by atoms with Crippen molar-refractivity contribution in [1.29, 1.82) is 0 Å². The van der Waals surface area contributed by atoms with Gasteiger partial charge in [0.2, 0.25) is 15.9 Å². The fourth-order valence-electron chi connectivity index (χ4n) is 3.32. The lowest BCUT2D eigenvalue weighted by atomic mass is 10.00. The third-order valence-corrected chi connectivity index (χ3v) is 6.27. The van der Waals surface area contributed by atoms with Gasteiger partial charge in [0.25, 0.3) is 0 Å². The Morgan fingerprint density at radius 1 is 1.14 bits per heavy atom. The molecule has 8 heteroatoms. The molecule has 0 bridgehead atoms. The number of hydrogen-bond donors (Lipinski definition) is 1. The molecule has 0 radical (unpaired) electrons. The third kappa shape index (κ3) is 5.42. The van der Waals surface area contributed by atoms with Gasteiger partial charge in [0.1, 0.15) is 11.8 Å². The molecule has 1 amide bonds. The molecule has 2 rings (SSSR count). The molecular weight excluding hydrogens is 412 g/mol. The summed E-state index contributed by atoms with van der Waals surface area (Å²) in [4.78, 5) is 12.9. The summed E-state index contributed by atoms with van der Waals surface area (Å²) in [6.07, 6.45) is 1.06. The van der Waals surface area contributed by atoms with Crippen molar-refractivity contribution < 1.29 is 17.9 Å². The van der Waals surface area contributed by atoms with Gasteiger partial charge in [-0.3, -0.25) is 9.10 Å². The van der Waals surface area contributed by atoms with Gasteiger partial charge in [0.05, 0.1) is 30.1 Å². The quantitative estimate of drug-likeness (QED) is 0.708. The molecule has 0 saturated heterocycles. The number of nitrogens with one attached hydrogen (secondary N) is 1. The predicted molar refractivity (Wildman–Crippen MR) is 117 cm³/mol. The number of anilines is 1. The Morgan fingerprint density at radius 2 is 1.79 bits per heavy atom. The predicted octanol–water partition coefficient (Wildman–Crippen LogP) is 4.00. The number of methoxy groups -OCH3 is 1. The van der Waals surface area contributed by atoms with Crippen molar-refractivity contribution in [2.24, 2.45) is 0 Å². The van der Waals surface area contributed by atoms with Gasteiger partial charge in [-0.15, -0.1) is 0 Å². The zero-order valence-corrected chi connectivity index (χ0v) is 19.1. The van der Waals surface area contributed by atoms with Crippen LogP contribution in [0.1, 0.15) is 36.6 Å². The van der Waals surface area contributed by atoms with E-state index in [0.717, 1.165) is 27.3 Å². The van der Waals surface area contributed by atoms with Crippen molar-refractivity contribution in [3.63, 3.8) is 0 Å². The number of aryl methyl sites for hydroxylation is 2. The molecule has 1 N–H and O–H groups in total. The first kappa shape index (κ1) is 23.0. The molecule has 0 spiro atoms. The van der Waals surface area contributed by atoms with Crippen molar-refractivity contribution in [3.05, 3.63) is 58.1 Å². The zero-order chi connectivity index (χ0) is 21.9. The Kier molecular flexibility index (Phi) is 7.19. The summed E-state index contributed by atoms with van der Waals surface area (Å²) in [5, 5.41) is 3.17. The first-order chi connectivity index (χ1) is 13.5. The summed E-state index contributed by atoms with van der Waals surface area (Å²) in [6, 6.07) is 9.35. The van der Waals surface area contributed by atoms with Crippen molar-refractivity contribution in [2.45, 2.75) is 39.8 Å². The van der Waals surface area contributed by atoms with Gasteiger partial charge in [0.15, 0.2) is 0 Å². The Bertz CT molecular complexity index is 1010. The first-order valence-electron chi connectivity index (χ1n) is 9.16. The van der Waals surface area contributed by atoms with Crippen LogP contribution >= 0.6 is 11.6 Å². The van der Waals surface area contributed by atoms with Crippen LogP contribution in [-0.4, -0.2) is 33.7 Å². The topological polar surface area (TPSA) is 75.7 Å². The van der Waals surface area contributed by atoms with Crippen LogP contribution in [0.25, 0.3) is 0 Å². The summed E-state index contributed by atoms with van der Waals surface area (Å²) in [6.45, 7) is 7.41. The highest BCUT2D eigenvalue weighted by molar-refractivity contribution is 7.92. The minimum atomic E-state index is -3.74. The molecule has 158 valence electrons. The van der Waals surface area contributed by atoms with E-state index in [2.05, 4.69) is 5.32 Å². The van der Waals surface area contributed by atoms with Gasteiger partial charge >= 0.3 is 0 Å². The standard InChI is InChI=1S/C21H27ClN2O4S/c1-13-7-9-18(14(2)11-13)15(3)23-21(25)16(4)24(29(6,26)27)17-8-10-20(28-5)19(22)12-17/h7-12,15-16H,1-6H3,(H,23,25)/t15-,16+/m1/s1. The Hall–Kier alpha value is -2.25. The average Bonchev–Trinajstić information content (AvgIpc) is 2.60. The minimum absolute atomic E-state index is 0.259. The van der Waals surface area contributed by atoms with Gasteiger partial charge in [-0.25, -0.2) is 8.42 Å². The molecule has 0 saturated carbocycles. The summed E-state index contributed by atoms with van der Waals surface area (Å²) in [5.74, 6) is 0.0132. The van der Waals surface area contributed by atoms with E-state index in [1.54, 1.807) is 19.1 Å². The number of benzene rings is 2. The minimum Gasteiger partial charge on any atom is -0.495 e. The second kappa shape index (κ2) is 9.05. The van der Waals surface area contributed by atoms with E-state index in [-0.39, 0.29) is 11.1 Å². The number of rotatable bonds is 7. The van der Waals surface area contributed by atoms with E-state index >= 15 is 0 Å². The highest BCUT2D eigenvalue weighted by Gasteiger charge is 2.30. The van der Waals surface area contributed by atoms with Crippen LogP contribution in [0.3, 0.4) is 0 Å². The average molecular weight is 439 g/mol. The lowest BCUT2D eigenvalue weighted by Crippen LogP contribution is -2.48. The number of sulfonamides is 1. The highest BCUT2D eigenvalue weighted by Crippen LogP contribution is 2.31. The lowest BCUT2D eigenvalue weighted by molar-refractivity contribution is -0.122. The summed E-state index contributed by atoms with van der Waals surface area (Å²) in [7, 11) is -2.27. The van der Waals surface area contributed by atoms with E-state index < -0.39 is 22.0 Å². The Morgan fingerprint density at radius 3 is 2.31 bits per heavy atom. The number of hydrogen-bond acceptors (Lipinski definition) is 4. The van der Waals surface area contributed by atoms with E-state index in [1.807, 2.05) is 39.0 Å². The van der Waals surface area contributed by atoms with Gasteiger partial charge < -0.3 is 10.1 Å². The van der Waals surface area contributed by atoms with Gasteiger partial charge in [0, 0.05) is 0 Å². The molecular formula is C21H27ClN2O4S. The van der Waals surface area contributed by atoms with Crippen LogP contribution in [0, 0.1) is 13.8 Å². The molecule has 0 fully saturated rings. The SMILES string of the molecule is COc1ccc(N([C@@H](C)C(=O)N[C@H](C)c2ccc(C)cc2C)S(C)(=O)=O)cc1Cl. The summed E-state index contributed by atoms with van der Waals surface area (Å²) in [5.41, 5.74) is 3.47. The normalized spacial score (nSPS) is 13.5. The van der Waals surface area contributed by atoms with E-state index in [4.69, 9.17) is 16.3 Å². The van der Waals surface area contributed by atoms with Crippen molar-refractivity contribution in [3.8, 4) is 5.75 Å². The summed E-state index contributed by atoms with van der Waals surface area (Å²) >= 11 is 6.16. The second-order valence-electron chi connectivity index (χ2n) is 7.14. The molecule has 0 aliphatic heterocycles. The van der Waals surface area contributed by atoms with E-state index in [1.165, 1.54) is 13.2 Å². The zero-order valence-electron chi connectivity index (χ0n) is 17.5. The lowest BCUT2D eigenvalue weighted by Gasteiger charge is -2.29. The van der Waals surface area contributed by atoms with E-state index in [0.29, 0.717) is 11.4 Å². The Balaban J connectivity index is 2.30. The van der Waals surface area contributed by atoms with E-state index in [9.17, 15) is 13.2 Å². The first-order valence-corrected chi connectivity index (χ1v) is 11.4. The molecule has 29 heavy (non-hydrogen) atoms. The number of carbonyl (C=O) groups is 1. The van der Waals surface area contributed by atoms with Crippen molar-refractivity contribution in [2.75, 3.05) is 17.7 Å². The second-order valence-corrected chi connectivity index (χ2v) is 9.41. The van der Waals surface area contributed by atoms with Gasteiger partial charge in [-0.05, 0) is 57.0 Å². The molecule has 0 aliphatic carbocycles. The van der Waals surface area contributed by atoms with Crippen LogP contribution < -0.4 is 14.4 Å². The fourth-order valence-corrected chi connectivity index (χ4v) is 4.74. The number of halogens is 1. The number of nitrogens with zero attached hydrogens (tertiary/aromatic N) is 1. The third-order valence-electron chi connectivity index (χ3n) is 4.73.